The zero-order valence-electron chi connectivity index (χ0n) is 3.94. The number of rotatable bonds is 1. The van der Waals surface area contributed by atoms with E-state index in [1.807, 2.05) is 0 Å². The van der Waals surface area contributed by atoms with Gasteiger partial charge in [-0.25, -0.2) is 0 Å². The highest BCUT2D eigenvalue weighted by Gasteiger charge is 1.84. The van der Waals surface area contributed by atoms with Gasteiger partial charge in [-0.2, -0.15) is 0 Å². The summed E-state index contributed by atoms with van der Waals surface area (Å²) >= 11 is 4.90. The summed E-state index contributed by atoms with van der Waals surface area (Å²) in [5.74, 6) is 0. The molecule has 0 atom stereocenters. The molecule has 0 heterocycles. The van der Waals surface area contributed by atoms with Crippen molar-refractivity contribution in [1.29, 1.82) is 0 Å². The Morgan fingerprint density at radius 2 is 2.29 bits per heavy atom. The third kappa shape index (κ3) is 5.72. The van der Waals surface area contributed by atoms with E-state index in [2.05, 4.69) is 0 Å². The lowest BCUT2D eigenvalue weighted by atomic mass is 10.7. The van der Waals surface area contributed by atoms with Crippen LogP contribution in [0.25, 0.3) is 0 Å². The zero-order valence-corrected chi connectivity index (χ0v) is 6.70. The molecule has 0 saturated heterocycles. The molecule has 0 rings (SSSR count). The Morgan fingerprint density at radius 3 is 2.29 bits per heavy atom. The molecule has 0 aromatic rings. The van der Waals surface area contributed by atoms with E-state index in [1.54, 1.807) is 0 Å². The van der Waals surface area contributed by atoms with Crippen molar-refractivity contribution in [3.8, 4) is 0 Å². The molecular weight excluding hydrogens is 130 g/mol. The van der Waals surface area contributed by atoms with Crippen molar-refractivity contribution < 1.29 is 4.79 Å². The molecule has 0 aliphatic carbocycles. The second-order valence-corrected chi connectivity index (χ2v) is 2.72. The molecule has 2 nitrogen and oxygen atoms in total. The molecule has 0 amide bonds. The molecule has 2 N–H and O–H groups in total. The monoisotopic (exact) mass is 135 g/mol. The maximum absolute atomic E-state index is 9.89. The molecule has 0 aromatic carbocycles. The predicted octanol–water partition coefficient (Wildman–Crippen LogP) is -1.08. The van der Waals surface area contributed by atoms with E-state index in [0.29, 0.717) is 15.6 Å². The molecule has 0 fully saturated rings. The Bertz CT molecular complexity index is 108. The Morgan fingerprint density at radius 1 is 1.86 bits per heavy atom. The van der Waals surface area contributed by atoms with Crippen LogP contribution < -0.4 is 5.73 Å². The molecule has 0 bridgehead atoms. The summed E-state index contributed by atoms with van der Waals surface area (Å²) < 4.78 is 0. The van der Waals surface area contributed by atoms with E-state index in [4.69, 9.17) is 17.3 Å². The van der Waals surface area contributed by atoms with Crippen LogP contribution in [0.2, 0.25) is 0 Å². The van der Waals surface area contributed by atoms with Gasteiger partial charge in [-0.3, -0.25) is 4.79 Å². The van der Waals surface area contributed by atoms with Crippen molar-refractivity contribution in [1.82, 2.24) is 0 Å². The Hall–Kier alpha value is -0.283. The van der Waals surface area contributed by atoms with Gasteiger partial charge in [-0.05, 0) is 16.9 Å². The summed E-state index contributed by atoms with van der Waals surface area (Å²) in [6.45, 7) is 0. The minimum absolute atomic E-state index is 0.493. The fraction of sp³-hybridized carbons (Fsp3) is 0. The van der Waals surface area contributed by atoms with Crippen molar-refractivity contribution in [2.45, 2.75) is 0 Å². The first-order valence-electron chi connectivity index (χ1n) is 1.76. The number of carbonyl (C=O) groups is 1. The van der Waals surface area contributed by atoms with Crippen LogP contribution in [0.1, 0.15) is 0 Å². The number of hydrogen-bond donors (Lipinski definition) is 1. The second kappa shape index (κ2) is 2.82. The van der Waals surface area contributed by atoms with Crippen molar-refractivity contribution in [3.05, 3.63) is 11.4 Å². The number of halogens is 1. The Kier molecular flexibility index (Phi) is 2.71. The molecule has 0 aromatic heterocycles. The zero-order chi connectivity index (χ0) is 5.86. The Labute approximate surface area is 49.8 Å². The van der Waals surface area contributed by atoms with Crippen molar-refractivity contribution >= 4 is 27.1 Å². The van der Waals surface area contributed by atoms with E-state index in [9.17, 15) is 4.79 Å². The summed E-state index contributed by atoms with van der Waals surface area (Å²) in [4.78, 5) is 9.89. The summed E-state index contributed by atoms with van der Waals surface area (Å²) in [7, 11) is 0.700. The van der Waals surface area contributed by atoms with Crippen molar-refractivity contribution in [3.63, 3.8) is 0 Å². The van der Waals surface area contributed by atoms with Gasteiger partial charge in [0.2, 0.25) is 5.24 Å². The average Bonchev–Trinajstić information content (AvgIpc) is 1.27. The molecule has 4 heteroatoms. The van der Waals surface area contributed by atoms with Gasteiger partial charge >= 0.3 is 0 Å². The molecule has 0 saturated carbocycles. The SMILES string of the molecule is NC([SiH3])=CC(=O)Cl. The van der Waals surface area contributed by atoms with E-state index in [1.165, 1.54) is 6.08 Å². The smallest absolute Gasteiger partial charge is 0.246 e. The maximum Gasteiger partial charge on any atom is 0.246 e. The van der Waals surface area contributed by atoms with Crippen LogP contribution in [0.4, 0.5) is 0 Å². The molecular formula is C3H6ClNOSi. The van der Waals surface area contributed by atoms with Gasteiger partial charge in [0.1, 0.15) is 0 Å². The van der Waals surface area contributed by atoms with Crippen molar-refractivity contribution in [2.75, 3.05) is 0 Å². The van der Waals surface area contributed by atoms with Gasteiger partial charge in [-0.15, -0.1) is 0 Å². The molecule has 0 spiro atoms. The van der Waals surface area contributed by atoms with Gasteiger partial charge < -0.3 is 5.73 Å². The number of nitrogens with two attached hydrogens (primary N) is 1. The third-order valence-corrected chi connectivity index (χ3v) is 0.739. The minimum atomic E-state index is -0.493. The number of hydrogen-bond acceptors (Lipinski definition) is 2. The van der Waals surface area contributed by atoms with Gasteiger partial charge in [-0.1, -0.05) is 0 Å². The molecule has 0 aliphatic rings. The number of allylic oxidation sites excluding steroid dienone is 1. The minimum Gasteiger partial charge on any atom is -0.406 e. The first-order valence-corrected chi connectivity index (χ1v) is 3.14. The largest absolute Gasteiger partial charge is 0.406 e. The summed E-state index contributed by atoms with van der Waals surface area (Å²) in [5, 5.41) is 0.0764. The first-order chi connectivity index (χ1) is 3.13. The number of carbonyl (C=O) groups excluding carboxylic acids is 1. The third-order valence-electron chi connectivity index (χ3n) is 0.341. The van der Waals surface area contributed by atoms with Crippen LogP contribution >= 0.6 is 11.6 Å². The van der Waals surface area contributed by atoms with Crippen LogP contribution in [0.5, 0.6) is 0 Å². The second-order valence-electron chi connectivity index (χ2n) is 1.19. The summed E-state index contributed by atoms with van der Waals surface area (Å²) in [5.41, 5.74) is 5.11. The molecule has 0 aliphatic heterocycles. The van der Waals surface area contributed by atoms with Gasteiger partial charge in [0.25, 0.3) is 0 Å². The topological polar surface area (TPSA) is 43.1 Å². The van der Waals surface area contributed by atoms with Gasteiger partial charge in [0, 0.05) is 6.08 Å². The first kappa shape index (κ1) is 6.72. The van der Waals surface area contributed by atoms with Crippen LogP contribution in [0, 0.1) is 0 Å². The molecule has 0 radical (unpaired) electrons. The summed E-state index contributed by atoms with van der Waals surface area (Å²) in [6.07, 6.45) is 1.22. The van der Waals surface area contributed by atoms with Gasteiger partial charge in [0.15, 0.2) is 0 Å². The van der Waals surface area contributed by atoms with Gasteiger partial charge in [0.05, 0.1) is 10.2 Å². The highest BCUT2D eigenvalue weighted by atomic mass is 35.5. The normalized spacial score (nSPS) is 11.9. The van der Waals surface area contributed by atoms with Crippen LogP contribution in [0.15, 0.2) is 11.4 Å². The maximum atomic E-state index is 9.89. The van der Waals surface area contributed by atoms with E-state index < -0.39 is 5.24 Å². The van der Waals surface area contributed by atoms with Crippen LogP contribution in [-0.4, -0.2) is 15.5 Å². The standard InChI is InChI=1S/C3H6ClNOSi/c4-2(6)1-3(5)7/h1H,5H2,7H3. The van der Waals surface area contributed by atoms with E-state index in [-0.39, 0.29) is 0 Å². The van der Waals surface area contributed by atoms with Crippen LogP contribution in [-0.2, 0) is 4.79 Å². The average molecular weight is 136 g/mol. The van der Waals surface area contributed by atoms with E-state index in [0.717, 1.165) is 0 Å². The fourth-order valence-corrected chi connectivity index (χ4v) is 0.796. The lowest BCUT2D eigenvalue weighted by Crippen LogP contribution is -1.96. The van der Waals surface area contributed by atoms with Crippen molar-refractivity contribution in [2.24, 2.45) is 5.73 Å². The quantitative estimate of drug-likeness (QED) is 0.282. The lowest BCUT2D eigenvalue weighted by Gasteiger charge is -1.80. The Balaban J connectivity index is 3.68. The molecule has 0 unspecified atom stereocenters. The molecule has 40 valence electrons. The fourth-order valence-electron chi connectivity index (χ4n) is 0.179. The van der Waals surface area contributed by atoms with Crippen LogP contribution in [0.3, 0.4) is 0 Å². The lowest BCUT2D eigenvalue weighted by molar-refractivity contribution is -0.107. The predicted molar refractivity (Wildman–Crippen MR) is 33.1 cm³/mol. The summed E-state index contributed by atoms with van der Waals surface area (Å²) in [6, 6.07) is 0. The highest BCUT2D eigenvalue weighted by molar-refractivity contribution is 6.66. The molecule has 7 heavy (non-hydrogen) atoms. The highest BCUT2D eigenvalue weighted by Crippen LogP contribution is 1.81. The van der Waals surface area contributed by atoms with E-state index >= 15 is 0 Å².